The van der Waals surface area contributed by atoms with Gasteiger partial charge < -0.3 is 4.42 Å². The Balaban J connectivity index is 1.80. The smallest absolute Gasteiger partial charge is 0.115 e. The fourth-order valence-corrected chi connectivity index (χ4v) is 3.27. The predicted octanol–water partition coefficient (Wildman–Crippen LogP) is 6.20. The maximum atomic E-state index is 6.27. The van der Waals surface area contributed by atoms with Crippen molar-refractivity contribution in [1.82, 2.24) is 0 Å². The highest BCUT2D eigenvalue weighted by Gasteiger charge is 2.12. The summed E-state index contributed by atoms with van der Waals surface area (Å²) in [6.07, 6.45) is 0. The lowest BCUT2D eigenvalue weighted by atomic mass is 10.1. The Morgan fingerprint density at radius 1 is 0.952 bits per heavy atom. The van der Waals surface area contributed by atoms with Crippen LogP contribution in [0.25, 0.3) is 11.1 Å². The van der Waals surface area contributed by atoms with Gasteiger partial charge in [0.1, 0.15) is 11.5 Å². The van der Waals surface area contributed by atoms with Crippen LogP contribution in [-0.2, 0) is 5.75 Å². The van der Waals surface area contributed by atoms with E-state index in [-0.39, 0.29) is 0 Å². The molecule has 0 unspecified atom stereocenters. The van der Waals surface area contributed by atoms with Crippen LogP contribution in [0.5, 0.6) is 0 Å². The van der Waals surface area contributed by atoms with Gasteiger partial charge in [-0.05, 0) is 31.2 Å². The van der Waals surface area contributed by atoms with E-state index in [1.54, 1.807) is 11.8 Å². The molecule has 0 fully saturated rings. The lowest BCUT2D eigenvalue weighted by molar-refractivity contribution is 0.502. The highest BCUT2D eigenvalue weighted by atomic mass is 35.5. The molecule has 0 saturated carbocycles. The monoisotopic (exact) mass is 314 g/mol. The van der Waals surface area contributed by atoms with E-state index in [1.165, 1.54) is 4.90 Å². The number of hydrogen-bond donors (Lipinski definition) is 0. The fourth-order valence-electron chi connectivity index (χ4n) is 2.23. The first kappa shape index (κ1) is 14.3. The molecule has 3 rings (SSSR count). The highest BCUT2D eigenvalue weighted by Crippen LogP contribution is 2.34. The lowest BCUT2D eigenvalue weighted by Crippen LogP contribution is -1.78. The van der Waals surface area contributed by atoms with Gasteiger partial charge in [0.25, 0.3) is 0 Å². The summed E-state index contributed by atoms with van der Waals surface area (Å²) in [4.78, 5) is 1.24. The molecule has 106 valence electrons. The average Bonchev–Trinajstić information content (AvgIpc) is 2.88. The van der Waals surface area contributed by atoms with Gasteiger partial charge in [0.15, 0.2) is 0 Å². The Kier molecular flexibility index (Phi) is 4.37. The average molecular weight is 315 g/mol. The van der Waals surface area contributed by atoms with E-state index in [4.69, 9.17) is 16.0 Å². The molecular weight excluding hydrogens is 300 g/mol. The zero-order valence-corrected chi connectivity index (χ0v) is 13.2. The Morgan fingerprint density at radius 2 is 1.67 bits per heavy atom. The quantitative estimate of drug-likeness (QED) is 0.532. The topological polar surface area (TPSA) is 13.1 Å². The number of benzene rings is 2. The zero-order valence-electron chi connectivity index (χ0n) is 11.7. The van der Waals surface area contributed by atoms with Crippen LogP contribution in [0.1, 0.15) is 11.5 Å². The summed E-state index contributed by atoms with van der Waals surface area (Å²) in [5.41, 5.74) is 2.10. The van der Waals surface area contributed by atoms with Gasteiger partial charge in [0.05, 0.1) is 5.75 Å². The summed E-state index contributed by atoms with van der Waals surface area (Å²) < 4.78 is 5.87. The van der Waals surface area contributed by atoms with Crippen LogP contribution in [0.4, 0.5) is 0 Å². The second-order valence-electron chi connectivity index (χ2n) is 4.76. The maximum Gasteiger partial charge on any atom is 0.115 e. The van der Waals surface area contributed by atoms with Gasteiger partial charge in [-0.3, -0.25) is 0 Å². The van der Waals surface area contributed by atoms with E-state index in [0.717, 1.165) is 33.4 Å². The van der Waals surface area contributed by atoms with Crippen molar-refractivity contribution in [3.63, 3.8) is 0 Å². The molecule has 0 aliphatic carbocycles. The van der Waals surface area contributed by atoms with Gasteiger partial charge in [-0.15, -0.1) is 11.8 Å². The highest BCUT2D eigenvalue weighted by molar-refractivity contribution is 7.98. The van der Waals surface area contributed by atoms with Crippen LogP contribution in [0.2, 0.25) is 5.02 Å². The normalized spacial score (nSPS) is 10.8. The Morgan fingerprint density at radius 3 is 2.43 bits per heavy atom. The van der Waals surface area contributed by atoms with Gasteiger partial charge in [0, 0.05) is 21.0 Å². The summed E-state index contributed by atoms with van der Waals surface area (Å²) in [6, 6.07) is 20.3. The Bertz CT molecular complexity index is 734. The second kappa shape index (κ2) is 6.42. The van der Waals surface area contributed by atoms with E-state index in [1.807, 2.05) is 49.4 Å². The third-order valence-corrected chi connectivity index (χ3v) is 4.62. The van der Waals surface area contributed by atoms with Crippen LogP contribution in [-0.4, -0.2) is 0 Å². The van der Waals surface area contributed by atoms with E-state index in [2.05, 4.69) is 18.2 Å². The van der Waals surface area contributed by atoms with Gasteiger partial charge >= 0.3 is 0 Å². The van der Waals surface area contributed by atoms with E-state index >= 15 is 0 Å². The first-order valence-corrected chi connectivity index (χ1v) is 8.12. The molecule has 0 saturated heterocycles. The maximum absolute atomic E-state index is 6.27. The second-order valence-corrected chi connectivity index (χ2v) is 6.22. The molecule has 1 aromatic heterocycles. The molecule has 0 spiro atoms. The third kappa shape index (κ3) is 3.34. The molecule has 0 amide bonds. The van der Waals surface area contributed by atoms with Crippen molar-refractivity contribution < 1.29 is 4.42 Å². The number of halogens is 1. The Hall–Kier alpha value is -1.64. The van der Waals surface area contributed by atoms with Gasteiger partial charge in [0.2, 0.25) is 0 Å². The molecule has 2 aromatic carbocycles. The molecule has 3 aromatic rings. The summed E-state index contributed by atoms with van der Waals surface area (Å²) in [5.74, 6) is 2.69. The van der Waals surface area contributed by atoms with Crippen LogP contribution in [0, 0.1) is 6.92 Å². The molecule has 1 nitrogen and oxygen atoms in total. The van der Waals surface area contributed by atoms with Gasteiger partial charge in [-0.1, -0.05) is 48.0 Å². The van der Waals surface area contributed by atoms with Crippen molar-refractivity contribution in [3.05, 3.63) is 77.2 Å². The number of furan rings is 1. The first-order valence-electron chi connectivity index (χ1n) is 6.76. The SMILES string of the molecule is Cc1oc(CSc2ccccc2)cc1-c1ccccc1Cl. The predicted molar refractivity (Wildman–Crippen MR) is 89.9 cm³/mol. The first-order chi connectivity index (χ1) is 10.2. The van der Waals surface area contributed by atoms with Crippen LogP contribution in [0.3, 0.4) is 0 Å². The fraction of sp³-hybridized carbons (Fsp3) is 0.111. The lowest BCUT2D eigenvalue weighted by Gasteiger charge is -2.00. The summed E-state index contributed by atoms with van der Waals surface area (Å²) in [6.45, 7) is 1.98. The molecule has 0 aliphatic rings. The number of hydrogen-bond acceptors (Lipinski definition) is 2. The van der Waals surface area contributed by atoms with E-state index in [9.17, 15) is 0 Å². The standard InChI is InChI=1S/C18H15ClOS/c1-13-17(16-9-5-6-10-18(16)19)11-14(20-13)12-21-15-7-3-2-4-8-15/h2-11H,12H2,1H3. The van der Waals surface area contributed by atoms with Crippen molar-refractivity contribution in [2.75, 3.05) is 0 Å². The summed E-state index contributed by atoms with van der Waals surface area (Å²) >= 11 is 8.03. The number of aryl methyl sites for hydroxylation is 1. The Labute approximate surface area is 133 Å². The molecule has 0 atom stereocenters. The molecular formula is C18H15ClOS. The molecule has 21 heavy (non-hydrogen) atoms. The van der Waals surface area contributed by atoms with Crippen LogP contribution < -0.4 is 0 Å². The van der Waals surface area contributed by atoms with Gasteiger partial charge in [-0.25, -0.2) is 0 Å². The molecule has 0 aliphatic heterocycles. The number of rotatable bonds is 4. The molecule has 1 heterocycles. The van der Waals surface area contributed by atoms with Gasteiger partial charge in [-0.2, -0.15) is 0 Å². The van der Waals surface area contributed by atoms with E-state index in [0.29, 0.717) is 0 Å². The zero-order chi connectivity index (χ0) is 14.7. The van der Waals surface area contributed by atoms with Crippen molar-refractivity contribution in [2.45, 2.75) is 17.6 Å². The van der Waals surface area contributed by atoms with Crippen LogP contribution in [0.15, 0.2) is 70.0 Å². The van der Waals surface area contributed by atoms with Crippen molar-refractivity contribution >= 4 is 23.4 Å². The molecule has 0 N–H and O–H groups in total. The molecule has 0 bridgehead atoms. The van der Waals surface area contributed by atoms with E-state index < -0.39 is 0 Å². The molecule has 3 heteroatoms. The minimum atomic E-state index is 0.753. The van der Waals surface area contributed by atoms with Crippen LogP contribution >= 0.6 is 23.4 Å². The van der Waals surface area contributed by atoms with Crippen molar-refractivity contribution in [2.24, 2.45) is 0 Å². The summed E-state index contributed by atoms with van der Waals surface area (Å²) in [7, 11) is 0. The molecule has 0 radical (unpaired) electrons. The summed E-state index contributed by atoms with van der Waals surface area (Å²) in [5, 5.41) is 0.753. The number of thioether (sulfide) groups is 1. The van der Waals surface area contributed by atoms with Crippen molar-refractivity contribution in [1.29, 1.82) is 0 Å². The van der Waals surface area contributed by atoms with Crippen molar-refractivity contribution in [3.8, 4) is 11.1 Å². The largest absolute Gasteiger partial charge is 0.465 e. The third-order valence-electron chi connectivity index (χ3n) is 3.26. The minimum Gasteiger partial charge on any atom is -0.465 e. The minimum absolute atomic E-state index is 0.753.